The highest BCUT2D eigenvalue weighted by molar-refractivity contribution is 5.58. The predicted octanol–water partition coefficient (Wildman–Crippen LogP) is 4.67. The largest absolute Gasteiger partial charge is 0.258 e. The van der Waals surface area contributed by atoms with Crippen molar-refractivity contribution < 1.29 is 0 Å². The summed E-state index contributed by atoms with van der Waals surface area (Å²) in [5.41, 5.74) is 4.24. The molecule has 2 rings (SSSR count). The number of hydrogen-bond acceptors (Lipinski definition) is 2. The van der Waals surface area contributed by atoms with E-state index in [0.717, 1.165) is 17.0 Å². The molecule has 2 aromatic rings. The Balaban J connectivity index is 0. The van der Waals surface area contributed by atoms with Gasteiger partial charge >= 0.3 is 0 Å². The first kappa shape index (κ1) is 17.7. The number of rotatable bonds is 1. The summed E-state index contributed by atoms with van der Waals surface area (Å²) >= 11 is 0. The van der Waals surface area contributed by atoms with Gasteiger partial charge in [-0.2, -0.15) is 0 Å². The van der Waals surface area contributed by atoms with Gasteiger partial charge in [-0.3, -0.25) is 9.97 Å². The molecule has 0 saturated carbocycles. The van der Waals surface area contributed by atoms with E-state index < -0.39 is 0 Å². The van der Waals surface area contributed by atoms with Gasteiger partial charge in [0.1, 0.15) is 0 Å². The van der Waals surface area contributed by atoms with Crippen LogP contribution in [0.2, 0.25) is 0 Å². The number of nitrogens with zero attached hydrogens (tertiary/aromatic N) is 2. The molecule has 0 aliphatic rings. The van der Waals surface area contributed by atoms with Crippen LogP contribution in [-0.4, -0.2) is 9.97 Å². The zero-order valence-electron chi connectivity index (χ0n) is 8.36. The molecule has 0 aliphatic carbocycles. The van der Waals surface area contributed by atoms with Crippen LogP contribution in [0.15, 0.2) is 36.7 Å². The quantitative estimate of drug-likeness (QED) is 0.714. The molecule has 94 valence electrons. The topological polar surface area (TPSA) is 25.8 Å². The molecular weight excluding hydrogens is 208 g/mol. The minimum absolute atomic E-state index is 0. The van der Waals surface area contributed by atoms with Gasteiger partial charge in [-0.05, 0) is 13.8 Å². The Kier molecular flexibility index (Phi) is 7.86. The van der Waals surface area contributed by atoms with E-state index in [1.54, 1.807) is 12.4 Å². The molecule has 0 unspecified atom stereocenters. The Morgan fingerprint density at radius 1 is 0.765 bits per heavy atom. The zero-order valence-corrected chi connectivity index (χ0v) is 8.36. The molecule has 0 spiro atoms. The highest BCUT2D eigenvalue weighted by atomic mass is 14.8. The number of hydrogen-bond donors (Lipinski definition) is 0. The SMILES string of the molecule is C.C.C.Cc1ccc(-c2cnc(C)cn2)cc1. The second kappa shape index (κ2) is 7.55. The number of benzene rings is 1. The lowest BCUT2D eigenvalue weighted by atomic mass is 10.1. The molecule has 0 fully saturated rings. The Labute approximate surface area is 106 Å². The maximum Gasteiger partial charge on any atom is 0.0885 e. The van der Waals surface area contributed by atoms with E-state index in [2.05, 4.69) is 41.2 Å². The van der Waals surface area contributed by atoms with E-state index in [1.165, 1.54) is 5.56 Å². The molecule has 1 aromatic carbocycles. The third-order valence-electron chi connectivity index (χ3n) is 2.13. The molecule has 0 radical (unpaired) electrons. The monoisotopic (exact) mass is 232 g/mol. The zero-order chi connectivity index (χ0) is 9.97. The molecule has 0 amide bonds. The van der Waals surface area contributed by atoms with Crippen molar-refractivity contribution in [3.05, 3.63) is 47.9 Å². The van der Waals surface area contributed by atoms with Crippen molar-refractivity contribution in [2.24, 2.45) is 0 Å². The van der Waals surface area contributed by atoms with Crippen LogP contribution in [0.3, 0.4) is 0 Å². The Morgan fingerprint density at radius 2 is 1.35 bits per heavy atom. The smallest absolute Gasteiger partial charge is 0.0885 e. The summed E-state index contributed by atoms with van der Waals surface area (Å²) in [4.78, 5) is 8.53. The third kappa shape index (κ3) is 4.35. The van der Waals surface area contributed by atoms with Crippen molar-refractivity contribution in [2.45, 2.75) is 36.1 Å². The van der Waals surface area contributed by atoms with Crippen molar-refractivity contribution in [1.29, 1.82) is 0 Å². The van der Waals surface area contributed by atoms with Gasteiger partial charge in [0, 0.05) is 11.8 Å². The van der Waals surface area contributed by atoms with Crippen molar-refractivity contribution in [3.63, 3.8) is 0 Å². The molecule has 1 aromatic heterocycles. The molecule has 2 nitrogen and oxygen atoms in total. The lowest BCUT2D eigenvalue weighted by molar-refractivity contribution is 1.12. The first-order chi connectivity index (χ1) is 6.75. The van der Waals surface area contributed by atoms with Crippen molar-refractivity contribution >= 4 is 0 Å². The van der Waals surface area contributed by atoms with Crippen molar-refractivity contribution in [1.82, 2.24) is 9.97 Å². The summed E-state index contributed by atoms with van der Waals surface area (Å²) in [6, 6.07) is 8.29. The highest BCUT2D eigenvalue weighted by Gasteiger charge is 1.97. The fourth-order valence-electron chi connectivity index (χ4n) is 1.27. The summed E-state index contributed by atoms with van der Waals surface area (Å²) in [5.74, 6) is 0. The van der Waals surface area contributed by atoms with Gasteiger partial charge in [-0.1, -0.05) is 52.1 Å². The molecular formula is C15H24N2. The summed E-state index contributed by atoms with van der Waals surface area (Å²) in [5, 5.41) is 0. The molecule has 0 atom stereocenters. The van der Waals surface area contributed by atoms with Crippen molar-refractivity contribution in [2.75, 3.05) is 0 Å². The van der Waals surface area contributed by atoms with Gasteiger partial charge in [-0.15, -0.1) is 0 Å². The van der Waals surface area contributed by atoms with E-state index in [9.17, 15) is 0 Å². The van der Waals surface area contributed by atoms with Crippen LogP contribution in [0.25, 0.3) is 11.3 Å². The standard InChI is InChI=1S/C12H12N2.3CH4/c1-9-3-5-11(6-4-9)12-8-13-10(2)7-14-12;;;/h3-8H,1-2H3;3*1H4. The minimum Gasteiger partial charge on any atom is -0.258 e. The first-order valence-corrected chi connectivity index (χ1v) is 4.61. The van der Waals surface area contributed by atoms with Crippen LogP contribution >= 0.6 is 0 Å². The van der Waals surface area contributed by atoms with E-state index in [1.807, 2.05) is 6.92 Å². The maximum absolute atomic E-state index is 4.32. The average molecular weight is 232 g/mol. The second-order valence-electron chi connectivity index (χ2n) is 3.41. The van der Waals surface area contributed by atoms with E-state index >= 15 is 0 Å². The van der Waals surface area contributed by atoms with Gasteiger partial charge in [0.05, 0.1) is 17.6 Å². The summed E-state index contributed by atoms with van der Waals surface area (Å²) < 4.78 is 0. The Bertz CT molecular complexity index is 372. The predicted molar refractivity (Wildman–Crippen MR) is 77.1 cm³/mol. The number of aryl methyl sites for hydroxylation is 2. The molecule has 1 heterocycles. The minimum atomic E-state index is 0. The fourth-order valence-corrected chi connectivity index (χ4v) is 1.27. The number of aromatic nitrogens is 2. The van der Waals surface area contributed by atoms with Crippen LogP contribution in [0.1, 0.15) is 33.5 Å². The highest BCUT2D eigenvalue weighted by Crippen LogP contribution is 2.15. The fraction of sp³-hybridized carbons (Fsp3) is 0.333. The van der Waals surface area contributed by atoms with Crippen molar-refractivity contribution in [3.8, 4) is 11.3 Å². The normalized spacial score (nSPS) is 8.35. The van der Waals surface area contributed by atoms with Gasteiger partial charge < -0.3 is 0 Å². The first-order valence-electron chi connectivity index (χ1n) is 4.61. The van der Waals surface area contributed by atoms with E-state index in [4.69, 9.17) is 0 Å². The molecule has 0 aliphatic heterocycles. The van der Waals surface area contributed by atoms with Crippen LogP contribution in [0.4, 0.5) is 0 Å². The maximum atomic E-state index is 4.32. The third-order valence-corrected chi connectivity index (χ3v) is 2.13. The van der Waals surface area contributed by atoms with Crippen LogP contribution in [0, 0.1) is 13.8 Å². The van der Waals surface area contributed by atoms with Crippen LogP contribution in [0.5, 0.6) is 0 Å². The molecule has 0 bridgehead atoms. The van der Waals surface area contributed by atoms with Gasteiger partial charge in [-0.25, -0.2) is 0 Å². The summed E-state index contributed by atoms with van der Waals surface area (Å²) in [6.45, 7) is 4.01. The van der Waals surface area contributed by atoms with E-state index in [0.29, 0.717) is 0 Å². The summed E-state index contributed by atoms with van der Waals surface area (Å²) in [6.07, 6.45) is 3.59. The van der Waals surface area contributed by atoms with Gasteiger partial charge in [0.2, 0.25) is 0 Å². The molecule has 17 heavy (non-hydrogen) atoms. The summed E-state index contributed by atoms with van der Waals surface area (Å²) in [7, 11) is 0. The second-order valence-corrected chi connectivity index (χ2v) is 3.41. The van der Waals surface area contributed by atoms with Crippen LogP contribution in [-0.2, 0) is 0 Å². The average Bonchev–Trinajstić information content (AvgIpc) is 2.21. The molecule has 0 N–H and O–H groups in total. The van der Waals surface area contributed by atoms with Gasteiger partial charge in [0.25, 0.3) is 0 Å². The van der Waals surface area contributed by atoms with Gasteiger partial charge in [0.15, 0.2) is 0 Å². The Morgan fingerprint density at radius 3 is 1.82 bits per heavy atom. The Hall–Kier alpha value is -1.70. The van der Waals surface area contributed by atoms with Crippen LogP contribution < -0.4 is 0 Å². The molecule has 2 heteroatoms. The lowest BCUT2D eigenvalue weighted by Crippen LogP contribution is -1.87. The molecule has 0 saturated heterocycles. The van der Waals surface area contributed by atoms with E-state index in [-0.39, 0.29) is 22.3 Å². The lowest BCUT2D eigenvalue weighted by Gasteiger charge is -2.00.